The molecule has 4 N–H and O–H groups in total. The van der Waals surface area contributed by atoms with E-state index in [0.717, 1.165) is 6.07 Å². The maximum absolute atomic E-state index is 13.5. The largest absolute Gasteiger partial charge is 0.480 e. The lowest BCUT2D eigenvalue weighted by Gasteiger charge is -2.14. The number of rotatable bonds is 6. The van der Waals surface area contributed by atoms with Gasteiger partial charge in [-0.25, -0.2) is 9.18 Å². The zero-order valence-electron chi connectivity index (χ0n) is 10.4. The van der Waals surface area contributed by atoms with Crippen LogP contribution in [0, 0.1) is 5.82 Å². The molecule has 0 radical (unpaired) electrons. The Balaban J connectivity index is 2.78. The maximum Gasteiger partial charge on any atom is 0.326 e. The van der Waals surface area contributed by atoms with E-state index in [1.807, 2.05) is 0 Å². The van der Waals surface area contributed by atoms with Crippen LogP contribution in [0.2, 0.25) is 0 Å². The van der Waals surface area contributed by atoms with Crippen LogP contribution in [0.15, 0.2) is 18.2 Å². The summed E-state index contributed by atoms with van der Waals surface area (Å²) >= 11 is 0. The number of hydrogen-bond donors (Lipinski definition) is 3. The monoisotopic (exact) mass is 270 g/mol. The third kappa shape index (κ3) is 4.22. The van der Waals surface area contributed by atoms with Crippen molar-refractivity contribution in [3.8, 4) is 0 Å². The molecule has 0 spiro atoms. The number of ether oxygens (including phenoxy) is 1. The van der Waals surface area contributed by atoms with Gasteiger partial charge >= 0.3 is 5.97 Å². The molecule has 1 unspecified atom stereocenters. The van der Waals surface area contributed by atoms with Gasteiger partial charge in [0.2, 0.25) is 0 Å². The molecule has 0 saturated carbocycles. The first kappa shape index (κ1) is 14.9. The first-order chi connectivity index (χ1) is 8.95. The normalized spacial score (nSPS) is 11.9. The molecule has 0 heterocycles. The van der Waals surface area contributed by atoms with Crippen LogP contribution in [-0.2, 0) is 9.53 Å². The van der Waals surface area contributed by atoms with Crippen LogP contribution >= 0.6 is 0 Å². The van der Waals surface area contributed by atoms with Crippen molar-refractivity contribution < 1.29 is 23.8 Å². The van der Waals surface area contributed by atoms with Gasteiger partial charge in [-0.05, 0) is 18.2 Å². The second-order valence-electron chi connectivity index (χ2n) is 3.89. The van der Waals surface area contributed by atoms with Gasteiger partial charge in [0.1, 0.15) is 11.9 Å². The van der Waals surface area contributed by atoms with Crippen molar-refractivity contribution in [2.75, 3.05) is 19.5 Å². The molecule has 7 heteroatoms. The fourth-order valence-corrected chi connectivity index (χ4v) is 1.44. The molecule has 6 nitrogen and oxygen atoms in total. The summed E-state index contributed by atoms with van der Waals surface area (Å²) < 4.78 is 18.2. The molecule has 0 aromatic heterocycles. The number of nitrogen functional groups attached to an aromatic ring is 1. The number of hydrogen-bond acceptors (Lipinski definition) is 4. The van der Waals surface area contributed by atoms with Gasteiger partial charge in [-0.1, -0.05) is 0 Å². The first-order valence-corrected chi connectivity index (χ1v) is 5.53. The number of carbonyl (C=O) groups is 2. The number of carbonyl (C=O) groups excluding carboxylic acids is 1. The molecule has 0 aliphatic carbocycles. The fourth-order valence-electron chi connectivity index (χ4n) is 1.44. The van der Waals surface area contributed by atoms with E-state index in [2.05, 4.69) is 5.32 Å². The number of aliphatic carboxylic acids is 1. The zero-order valence-corrected chi connectivity index (χ0v) is 10.4. The number of benzene rings is 1. The van der Waals surface area contributed by atoms with Gasteiger partial charge in [-0.2, -0.15) is 0 Å². The van der Waals surface area contributed by atoms with E-state index in [-0.39, 0.29) is 24.3 Å². The quantitative estimate of drug-likeness (QED) is 0.658. The molecule has 1 aromatic carbocycles. The van der Waals surface area contributed by atoms with Crippen molar-refractivity contribution in [1.82, 2.24) is 5.32 Å². The van der Waals surface area contributed by atoms with Crippen LogP contribution in [0.1, 0.15) is 16.8 Å². The third-order valence-electron chi connectivity index (χ3n) is 2.45. The number of carboxylic acid groups (broad SMARTS) is 1. The minimum absolute atomic E-state index is 0.0914. The van der Waals surface area contributed by atoms with Crippen molar-refractivity contribution in [2.45, 2.75) is 12.5 Å². The summed E-state index contributed by atoms with van der Waals surface area (Å²) in [6.45, 7) is 0.168. The molecule has 0 bridgehead atoms. The number of nitrogens with two attached hydrogens (primary N) is 1. The number of halogens is 1. The molecule has 104 valence electrons. The number of amides is 1. The van der Waals surface area contributed by atoms with Gasteiger partial charge in [-0.15, -0.1) is 0 Å². The predicted molar refractivity (Wildman–Crippen MR) is 66.2 cm³/mol. The van der Waals surface area contributed by atoms with E-state index in [0.29, 0.717) is 0 Å². The van der Waals surface area contributed by atoms with Crippen LogP contribution in [-0.4, -0.2) is 36.7 Å². The molecule has 0 aliphatic heterocycles. The lowest BCUT2D eigenvalue weighted by molar-refractivity contribution is -0.139. The smallest absolute Gasteiger partial charge is 0.326 e. The number of anilines is 1. The highest BCUT2D eigenvalue weighted by Gasteiger charge is 2.21. The number of nitrogens with one attached hydrogen (secondary N) is 1. The summed E-state index contributed by atoms with van der Waals surface area (Å²) in [7, 11) is 1.42. The number of carboxylic acids is 1. The van der Waals surface area contributed by atoms with Gasteiger partial charge in [0.25, 0.3) is 5.91 Å². The summed E-state index contributed by atoms with van der Waals surface area (Å²) in [6, 6.07) is 2.43. The Morgan fingerprint density at radius 1 is 1.53 bits per heavy atom. The molecule has 0 saturated heterocycles. The molecule has 1 aromatic rings. The second kappa shape index (κ2) is 6.69. The van der Waals surface area contributed by atoms with Crippen molar-refractivity contribution in [2.24, 2.45) is 0 Å². The standard InChI is InChI=1S/C12H15FN2O4/c1-19-5-4-10(12(17)18)15-11(16)8-3-2-7(14)6-9(8)13/h2-3,6,10H,4-5,14H2,1H3,(H,15,16)(H,17,18). The van der Waals surface area contributed by atoms with Crippen molar-refractivity contribution in [3.63, 3.8) is 0 Å². The van der Waals surface area contributed by atoms with E-state index >= 15 is 0 Å². The van der Waals surface area contributed by atoms with E-state index in [1.165, 1.54) is 19.2 Å². The minimum atomic E-state index is -1.21. The van der Waals surface area contributed by atoms with Crippen LogP contribution in [0.3, 0.4) is 0 Å². The van der Waals surface area contributed by atoms with E-state index in [4.69, 9.17) is 15.6 Å². The van der Waals surface area contributed by atoms with Gasteiger partial charge < -0.3 is 20.9 Å². The van der Waals surface area contributed by atoms with E-state index < -0.39 is 23.7 Å². The summed E-state index contributed by atoms with van der Waals surface area (Å²) in [5.74, 6) is -2.81. The highest BCUT2D eigenvalue weighted by atomic mass is 19.1. The highest BCUT2D eigenvalue weighted by molar-refractivity contribution is 5.97. The van der Waals surface area contributed by atoms with Gasteiger partial charge in [-0.3, -0.25) is 4.79 Å². The summed E-state index contributed by atoms with van der Waals surface area (Å²) in [5.41, 5.74) is 5.29. The van der Waals surface area contributed by atoms with Crippen LogP contribution in [0.5, 0.6) is 0 Å². The summed E-state index contributed by atoms with van der Waals surface area (Å²) in [6.07, 6.45) is 0.0914. The zero-order chi connectivity index (χ0) is 14.4. The van der Waals surface area contributed by atoms with Crippen LogP contribution in [0.25, 0.3) is 0 Å². The Morgan fingerprint density at radius 3 is 2.74 bits per heavy atom. The first-order valence-electron chi connectivity index (χ1n) is 5.53. The molecule has 1 atom stereocenters. The number of methoxy groups -OCH3 is 1. The Labute approximate surface area is 109 Å². The average Bonchev–Trinajstić information content (AvgIpc) is 2.33. The lowest BCUT2D eigenvalue weighted by atomic mass is 10.1. The predicted octanol–water partition coefficient (Wildman–Crippen LogP) is 0.627. The Bertz CT molecular complexity index is 479. The van der Waals surface area contributed by atoms with Crippen LogP contribution in [0.4, 0.5) is 10.1 Å². The summed E-state index contributed by atoms with van der Waals surface area (Å²) in [4.78, 5) is 22.7. The third-order valence-corrected chi connectivity index (χ3v) is 2.45. The van der Waals surface area contributed by atoms with Gasteiger partial charge in [0.05, 0.1) is 5.56 Å². The molecule has 1 amide bonds. The van der Waals surface area contributed by atoms with E-state index in [1.54, 1.807) is 0 Å². The average molecular weight is 270 g/mol. The van der Waals surface area contributed by atoms with E-state index in [9.17, 15) is 14.0 Å². The maximum atomic E-state index is 13.5. The Hall–Kier alpha value is -2.15. The lowest BCUT2D eigenvalue weighted by Crippen LogP contribution is -2.41. The summed E-state index contributed by atoms with van der Waals surface area (Å²) in [5, 5.41) is 11.2. The molecule has 0 aliphatic rings. The van der Waals surface area contributed by atoms with Gasteiger partial charge in [0, 0.05) is 25.8 Å². The molecular weight excluding hydrogens is 255 g/mol. The Morgan fingerprint density at radius 2 is 2.21 bits per heavy atom. The van der Waals surface area contributed by atoms with Crippen LogP contribution < -0.4 is 11.1 Å². The van der Waals surface area contributed by atoms with Crippen molar-refractivity contribution in [1.29, 1.82) is 0 Å². The van der Waals surface area contributed by atoms with Crippen molar-refractivity contribution >= 4 is 17.6 Å². The Kier molecular flexibility index (Phi) is 5.25. The SMILES string of the molecule is COCCC(NC(=O)c1ccc(N)cc1F)C(=O)O. The van der Waals surface area contributed by atoms with Crippen molar-refractivity contribution in [3.05, 3.63) is 29.6 Å². The molecule has 19 heavy (non-hydrogen) atoms. The molecule has 1 rings (SSSR count). The minimum Gasteiger partial charge on any atom is -0.480 e. The molecule has 0 fully saturated rings. The second-order valence-corrected chi connectivity index (χ2v) is 3.89. The molecular formula is C12H15FN2O4. The highest BCUT2D eigenvalue weighted by Crippen LogP contribution is 2.12. The van der Waals surface area contributed by atoms with Gasteiger partial charge in [0.15, 0.2) is 0 Å². The fraction of sp³-hybridized carbons (Fsp3) is 0.333. The topological polar surface area (TPSA) is 102 Å².